The zero-order chi connectivity index (χ0) is 20.0. The molecule has 7 heteroatoms. The maximum absolute atomic E-state index is 12.6. The minimum Gasteiger partial charge on any atom is -0.454 e. The Bertz CT molecular complexity index is 876. The molecule has 0 radical (unpaired) electrons. The summed E-state index contributed by atoms with van der Waals surface area (Å²) in [5, 5.41) is 2.70. The van der Waals surface area contributed by atoms with E-state index in [2.05, 4.69) is 5.32 Å². The fourth-order valence-corrected chi connectivity index (χ4v) is 4.51. The van der Waals surface area contributed by atoms with Gasteiger partial charge in [-0.3, -0.25) is 24.1 Å². The molecule has 1 aromatic carbocycles. The number of hydrogen-bond acceptors (Lipinski definition) is 5. The van der Waals surface area contributed by atoms with Crippen LogP contribution in [0.4, 0.5) is 5.69 Å². The summed E-state index contributed by atoms with van der Waals surface area (Å²) in [5.41, 5.74) is 2.63. The van der Waals surface area contributed by atoms with E-state index in [0.29, 0.717) is 5.69 Å². The number of nitrogens with zero attached hydrogens (tertiary/aromatic N) is 1. The van der Waals surface area contributed by atoms with Crippen LogP contribution in [-0.2, 0) is 23.9 Å². The van der Waals surface area contributed by atoms with Crippen LogP contribution in [0, 0.1) is 37.5 Å². The van der Waals surface area contributed by atoms with Crippen molar-refractivity contribution in [2.45, 2.75) is 20.3 Å². The lowest BCUT2D eigenvalue weighted by molar-refractivity contribution is -0.154. The van der Waals surface area contributed by atoms with Gasteiger partial charge in [0.1, 0.15) is 6.54 Å². The maximum Gasteiger partial charge on any atom is 0.326 e. The number of imide groups is 1. The summed E-state index contributed by atoms with van der Waals surface area (Å²) in [5.74, 6) is -2.34. The third-order valence-corrected chi connectivity index (χ3v) is 6.09. The number of esters is 1. The van der Waals surface area contributed by atoms with Crippen LogP contribution in [0.5, 0.6) is 0 Å². The van der Waals surface area contributed by atoms with E-state index in [9.17, 15) is 19.2 Å². The highest BCUT2D eigenvalue weighted by Gasteiger charge is 2.59. The summed E-state index contributed by atoms with van der Waals surface area (Å²) >= 11 is 0. The standard InChI is InChI=1S/C21H22N2O5/c1-11-4-3-5-15(12(11)2)22-16(24)10-28-17(25)9-23-20(26)18-13-6-7-14(8-13)19(18)21(23)27/h3-7,13-14,18-19H,8-10H2,1-2H3,(H,22,24)/t13-,14-,18-,19+/m0/s1. The molecule has 4 atom stereocenters. The van der Waals surface area contributed by atoms with Gasteiger partial charge in [0, 0.05) is 5.69 Å². The van der Waals surface area contributed by atoms with E-state index in [1.807, 2.05) is 38.1 Å². The highest BCUT2D eigenvalue weighted by molar-refractivity contribution is 6.08. The van der Waals surface area contributed by atoms with Gasteiger partial charge in [-0.05, 0) is 49.3 Å². The quantitative estimate of drug-likeness (QED) is 0.474. The highest BCUT2D eigenvalue weighted by Crippen LogP contribution is 2.52. The molecular weight excluding hydrogens is 360 g/mol. The van der Waals surface area contributed by atoms with Gasteiger partial charge in [-0.25, -0.2) is 0 Å². The zero-order valence-electron chi connectivity index (χ0n) is 15.8. The molecule has 1 saturated heterocycles. The van der Waals surface area contributed by atoms with E-state index in [0.717, 1.165) is 22.4 Å². The predicted molar refractivity (Wildman–Crippen MR) is 99.9 cm³/mol. The molecule has 2 bridgehead atoms. The number of carbonyl (C=O) groups excluding carboxylic acids is 4. The van der Waals surface area contributed by atoms with Crippen LogP contribution < -0.4 is 5.32 Å². The number of benzene rings is 1. The Balaban J connectivity index is 1.30. The molecule has 0 unspecified atom stereocenters. The van der Waals surface area contributed by atoms with Gasteiger partial charge < -0.3 is 10.1 Å². The van der Waals surface area contributed by atoms with Crippen LogP contribution in [-0.4, -0.2) is 41.7 Å². The first-order valence-electron chi connectivity index (χ1n) is 9.42. The minimum atomic E-state index is -0.766. The average Bonchev–Trinajstić information content (AvgIpc) is 3.34. The third kappa shape index (κ3) is 3.00. The molecule has 7 nitrogen and oxygen atoms in total. The molecule has 3 amide bonds. The number of hydrogen-bond donors (Lipinski definition) is 1. The van der Waals surface area contributed by atoms with Crippen molar-refractivity contribution in [1.29, 1.82) is 0 Å². The molecular formula is C21H22N2O5. The number of carbonyl (C=O) groups is 4. The molecule has 1 aliphatic heterocycles. The molecule has 0 spiro atoms. The molecule has 2 fully saturated rings. The Morgan fingerprint density at radius 3 is 2.39 bits per heavy atom. The monoisotopic (exact) mass is 382 g/mol. The molecule has 1 N–H and O–H groups in total. The minimum absolute atomic E-state index is 0.0933. The topological polar surface area (TPSA) is 92.8 Å². The molecule has 1 saturated carbocycles. The number of likely N-dealkylation sites (tertiary alicyclic amines) is 1. The molecule has 146 valence electrons. The molecule has 1 aromatic rings. The van der Waals surface area contributed by atoms with Gasteiger partial charge in [-0.15, -0.1) is 0 Å². The van der Waals surface area contributed by atoms with E-state index in [4.69, 9.17) is 4.74 Å². The highest BCUT2D eigenvalue weighted by atomic mass is 16.5. The maximum atomic E-state index is 12.6. The summed E-state index contributed by atoms with van der Waals surface area (Å²) in [6.45, 7) is 2.91. The van der Waals surface area contributed by atoms with Gasteiger partial charge in [0.05, 0.1) is 11.8 Å². The predicted octanol–water partition coefficient (Wildman–Crippen LogP) is 1.59. The lowest BCUT2D eigenvalue weighted by Gasteiger charge is -2.16. The molecule has 3 aliphatic rings. The smallest absolute Gasteiger partial charge is 0.326 e. The fraction of sp³-hybridized carbons (Fsp3) is 0.429. The average molecular weight is 382 g/mol. The van der Waals surface area contributed by atoms with Crippen molar-refractivity contribution in [2.24, 2.45) is 23.7 Å². The van der Waals surface area contributed by atoms with E-state index >= 15 is 0 Å². The largest absolute Gasteiger partial charge is 0.454 e. The molecule has 4 rings (SSSR count). The summed E-state index contributed by atoms with van der Waals surface area (Å²) < 4.78 is 4.98. The lowest BCUT2D eigenvalue weighted by Crippen LogP contribution is -2.38. The Hall–Kier alpha value is -2.96. The van der Waals surface area contributed by atoms with Crippen molar-refractivity contribution in [1.82, 2.24) is 4.90 Å². The molecule has 0 aromatic heterocycles. The van der Waals surface area contributed by atoms with Crippen LogP contribution in [0.25, 0.3) is 0 Å². The van der Waals surface area contributed by atoms with Crippen molar-refractivity contribution >= 4 is 29.4 Å². The van der Waals surface area contributed by atoms with Crippen LogP contribution in [0.15, 0.2) is 30.4 Å². The van der Waals surface area contributed by atoms with Gasteiger partial charge in [-0.2, -0.15) is 0 Å². The number of aryl methyl sites for hydroxylation is 1. The summed E-state index contributed by atoms with van der Waals surface area (Å²) in [6, 6.07) is 5.53. The number of anilines is 1. The molecule has 28 heavy (non-hydrogen) atoms. The van der Waals surface area contributed by atoms with E-state index in [1.54, 1.807) is 6.07 Å². The number of amides is 3. The number of ether oxygens (including phenoxy) is 1. The van der Waals surface area contributed by atoms with Crippen LogP contribution in [0.1, 0.15) is 17.5 Å². The first-order chi connectivity index (χ1) is 13.4. The lowest BCUT2D eigenvalue weighted by atomic mass is 9.85. The number of rotatable bonds is 5. The van der Waals surface area contributed by atoms with Crippen molar-refractivity contribution in [2.75, 3.05) is 18.5 Å². The van der Waals surface area contributed by atoms with E-state index in [-0.39, 0.29) is 35.5 Å². The normalized spacial score (nSPS) is 27.3. The first-order valence-corrected chi connectivity index (χ1v) is 9.42. The van der Waals surface area contributed by atoms with E-state index < -0.39 is 25.0 Å². The Labute approximate surface area is 162 Å². The van der Waals surface area contributed by atoms with Crippen LogP contribution in [0.3, 0.4) is 0 Å². The summed E-state index contributed by atoms with van der Waals surface area (Å²) in [7, 11) is 0. The fourth-order valence-electron chi connectivity index (χ4n) is 4.51. The Morgan fingerprint density at radius 1 is 1.11 bits per heavy atom. The van der Waals surface area contributed by atoms with Crippen molar-refractivity contribution in [3.05, 3.63) is 41.5 Å². The van der Waals surface area contributed by atoms with Gasteiger partial charge in [-0.1, -0.05) is 24.3 Å². The van der Waals surface area contributed by atoms with Crippen molar-refractivity contribution < 1.29 is 23.9 Å². The Kier molecular flexibility index (Phi) is 4.53. The van der Waals surface area contributed by atoms with Gasteiger partial charge in [0.15, 0.2) is 6.61 Å². The number of nitrogens with one attached hydrogen (secondary N) is 1. The second kappa shape index (κ2) is 6.89. The van der Waals surface area contributed by atoms with Crippen LogP contribution >= 0.6 is 0 Å². The van der Waals surface area contributed by atoms with Gasteiger partial charge in [0.2, 0.25) is 11.8 Å². The van der Waals surface area contributed by atoms with Crippen molar-refractivity contribution in [3.63, 3.8) is 0 Å². The molecule has 1 heterocycles. The number of allylic oxidation sites excluding steroid dienone is 2. The van der Waals surface area contributed by atoms with Crippen LogP contribution in [0.2, 0.25) is 0 Å². The summed E-state index contributed by atoms with van der Waals surface area (Å²) in [4.78, 5) is 50.3. The first kappa shape index (κ1) is 18.4. The van der Waals surface area contributed by atoms with Gasteiger partial charge >= 0.3 is 5.97 Å². The SMILES string of the molecule is Cc1cccc(NC(=O)COC(=O)CN2C(=O)[C@@H]3[C@H](C2=O)[C@H]2C=C[C@H]3C2)c1C. The second-order valence-corrected chi connectivity index (χ2v) is 7.72. The second-order valence-electron chi connectivity index (χ2n) is 7.72. The molecule has 2 aliphatic carbocycles. The zero-order valence-corrected chi connectivity index (χ0v) is 15.8. The Morgan fingerprint density at radius 2 is 1.75 bits per heavy atom. The van der Waals surface area contributed by atoms with Gasteiger partial charge in [0.25, 0.3) is 5.91 Å². The van der Waals surface area contributed by atoms with Crippen molar-refractivity contribution in [3.8, 4) is 0 Å². The van der Waals surface area contributed by atoms with E-state index in [1.165, 1.54) is 0 Å². The summed E-state index contributed by atoms with van der Waals surface area (Å²) in [6.07, 6.45) is 4.83. The third-order valence-electron chi connectivity index (χ3n) is 6.09. The number of fused-ring (bicyclic) bond motifs is 5.